The standard InChI is InChI=1S/C13H18N4OS/c1-14-13-15-11(10-4-6-19-12(10)16-13)17-5-3-9(7-17)8-18-2/h4,6,9H,3,5,7-8H2,1-2H3,(H,14,15,16). The van der Waals surface area contributed by atoms with E-state index in [0.29, 0.717) is 11.9 Å². The quantitative estimate of drug-likeness (QED) is 0.929. The predicted octanol–water partition coefficient (Wildman–Crippen LogP) is 2.21. The molecule has 0 aliphatic carbocycles. The lowest BCUT2D eigenvalue weighted by Crippen LogP contribution is -2.22. The third-order valence-electron chi connectivity index (χ3n) is 3.52. The van der Waals surface area contributed by atoms with Gasteiger partial charge in [0.1, 0.15) is 10.6 Å². The van der Waals surface area contributed by atoms with Gasteiger partial charge in [-0.1, -0.05) is 0 Å². The van der Waals surface area contributed by atoms with E-state index in [-0.39, 0.29) is 0 Å². The molecule has 1 aliphatic rings. The Labute approximate surface area is 116 Å². The van der Waals surface area contributed by atoms with Crippen LogP contribution in [0.5, 0.6) is 0 Å². The number of nitrogens with one attached hydrogen (secondary N) is 1. The molecule has 1 atom stereocenters. The predicted molar refractivity (Wildman–Crippen MR) is 79.2 cm³/mol. The van der Waals surface area contributed by atoms with Crippen molar-refractivity contribution in [2.75, 3.05) is 44.1 Å². The molecule has 2 aromatic rings. The van der Waals surface area contributed by atoms with Crippen LogP contribution in [0.2, 0.25) is 0 Å². The fourth-order valence-corrected chi connectivity index (χ4v) is 3.35. The smallest absolute Gasteiger partial charge is 0.225 e. The van der Waals surface area contributed by atoms with Crippen LogP contribution in [0.25, 0.3) is 10.2 Å². The average molecular weight is 278 g/mol. The second-order valence-electron chi connectivity index (χ2n) is 4.82. The average Bonchev–Trinajstić information content (AvgIpc) is 3.06. The van der Waals surface area contributed by atoms with Gasteiger partial charge in [-0.3, -0.25) is 0 Å². The fraction of sp³-hybridized carbons (Fsp3) is 0.538. The molecule has 19 heavy (non-hydrogen) atoms. The molecule has 0 spiro atoms. The van der Waals surface area contributed by atoms with Crippen molar-refractivity contribution in [3.05, 3.63) is 11.4 Å². The van der Waals surface area contributed by atoms with E-state index in [0.717, 1.165) is 35.7 Å². The molecular formula is C13H18N4OS. The molecule has 0 aromatic carbocycles. The highest BCUT2D eigenvalue weighted by Crippen LogP contribution is 2.32. The topological polar surface area (TPSA) is 50.3 Å². The summed E-state index contributed by atoms with van der Waals surface area (Å²) in [5, 5.41) is 6.27. The van der Waals surface area contributed by atoms with Crippen molar-refractivity contribution in [3.63, 3.8) is 0 Å². The van der Waals surface area contributed by atoms with Gasteiger partial charge in [-0.05, 0) is 17.9 Å². The maximum absolute atomic E-state index is 5.26. The number of thiophene rings is 1. The zero-order valence-corrected chi connectivity index (χ0v) is 12.0. The van der Waals surface area contributed by atoms with E-state index in [1.54, 1.807) is 18.4 Å². The van der Waals surface area contributed by atoms with Gasteiger partial charge in [-0.2, -0.15) is 4.98 Å². The van der Waals surface area contributed by atoms with Gasteiger partial charge in [0.15, 0.2) is 0 Å². The molecule has 2 aromatic heterocycles. The summed E-state index contributed by atoms with van der Waals surface area (Å²) in [6, 6.07) is 2.11. The van der Waals surface area contributed by atoms with Crippen molar-refractivity contribution in [3.8, 4) is 0 Å². The molecule has 0 bridgehead atoms. The van der Waals surface area contributed by atoms with Crippen molar-refractivity contribution in [2.24, 2.45) is 5.92 Å². The van der Waals surface area contributed by atoms with Crippen LogP contribution in [-0.4, -0.2) is 43.8 Å². The number of hydrogen-bond acceptors (Lipinski definition) is 6. The second kappa shape index (κ2) is 5.30. The number of rotatable bonds is 4. The first-order valence-corrected chi connectivity index (χ1v) is 7.36. The van der Waals surface area contributed by atoms with Crippen LogP contribution in [-0.2, 0) is 4.74 Å². The molecule has 0 radical (unpaired) electrons. The van der Waals surface area contributed by atoms with Gasteiger partial charge in [-0.25, -0.2) is 4.98 Å². The van der Waals surface area contributed by atoms with E-state index in [1.165, 1.54) is 6.42 Å². The summed E-state index contributed by atoms with van der Waals surface area (Å²) >= 11 is 1.66. The molecule has 1 unspecified atom stereocenters. The van der Waals surface area contributed by atoms with Gasteiger partial charge in [0.2, 0.25) is 5.95 Å². The molecule has 3 heterocycles. The fourth-order valence-electron chi connectivity index (χ4n) is 2.59. The Morgan fingerprint density at radius 1 is 1.53 bits per heavy atom. The summed E-state index contributed by atoms with van der Waals surface area (Å²) in [5.41, 5.74) is 0. The van der Waals surface area contributed by atoms with E-state index in [4.69, 9.17) is 4.74 Å². The molecule has 0 amide bonds. The van der Waals surface area contributed by atoms with Crippen LogP contribution < -0.4 is 10.2 Å². The minimum atomic E-state index is 0.603. The van der Waals surface area contributed by atoms with Gasteiger partial charge in [-0.15, -0.1) is 11.3 Å². The molecule has 1 saturated heterocycles. The maximum Gasteiger partial charge on any atom is 0.225 e. The highest BCUT2D eigenvalue weighted by Gasteiger charge is 2.25. The Bertz CT molecular complexity index is 571. The number of hydrogen-bond donors (Lipinski definition) is 1. The largest absolute Gasteiger partial charge is 0.384 e. The lowest BCUT2D eigenvalue weighted by Gasteiger charge is -2.19. The molecule has 0 saturated carbocycles. The summed E-state index contributed by atoms with van der Waals surface area (Å²) in [5.74, 6) is 2.35. The summed E-state index contributed by atoms with van der Waals surface area (Å²) in [7, 11) is 3.62. The SMILES string of the molecule is CNc1nc(N2CCC(COC)C2)c2ccsc2n1. The molecule has 1 aliphatic heterocycles. The van der Waals surface area contributed by atoms with Crippen molar-refractivity contribution < 1.29 is 4.74 Å². The van der Waals surface area contributed by atoms with Crippen LogP contribution in [0.15, 0.2) is 11.4 Å². The Hall–Kier alpha value is -1.40. The monoisotopic (exact) mass is 278 g/mol. The van der Waals surface area contributed by atoms with Gasteiger partial charge >= 0.3 is 0 Å². The third kappa shape index (κ3) is 2.37. The first-order chi connectivity index (χ1) is 9.31. The van der Waals surface area contributed by atoms with E-state index < -0.39 is 0 Å². The van der Waals surface area contributed by atoms with Crippen molar-refractivity contribution in [1.82, 2.24) is 9.97 Å². The number of methoxy groups -OCH3 is 1. The molecule has 102 valence electrons. The van der Waals surface area contributed by atoms with Crippen molar-refractivity contribution >= 4 is 33.3 Å². The van der Waals surface area contributed by atoms with E-state index >= 15 is 0 Å². The molecule has 1 fully saturated rings. The number of nitrogens with zero attached hydrogens (tertiary/aromatic N) is 3. The van der Waals surface area contributed by atoms with Crippen LogP contribution in [0, 0.1) is 5.92 Å². The third-order valence-corrected chi connectivity index (χ3v) is 4.32. The van der Waals surface area contributed by atoms with E-state index in [2.05, 4.69) is 31.6 Å². The van der Waals surface area contributed by atoms with Crippen LogP contribution >= 0.6 is 11.3 Å². The minimum Gasteiger partial charge on any atom is -0.384 e. The van der Waals surface area contributed by atoms with Gasteiger partial charge in [0.05, 0.1) is 12.0 Å². The first-order valence-electron chi connectivity index (χ1n) is 6.48. The van der Waals surface area contributed by atoms with Crippen molar-refractivity contribution in [2.45, 2.75) is 6.42 Å². The number of anilines is 2. The van der Waals surface area contributed by atoms with Gasteiger partial charge in [0.25, 0.3) is 0 Å². The summed E-state index contributed by atoms with van der Waals surface area (Å²) < 4.78 is 5.26. The highest BCUT2D eigenvalue weighted by atomic mass is 32.1. The van der Waals surface area contributed by atoms with Crippen LogP contribution in [0.3, 0.4) is 0 Å². The van der Waals surface area contributed by atoms with Gasteiger partial charge < -0.3 is 15.0 Å². The molecule has 5 nitrogen and oxygen atoms in total. The maximum atomic E-state index is 5.26. The van der Waals surface area contributed by atoms with Crippen LogP contribution in [0.1, 0.15) is 6.42 Å². The molecule has 1 N–H and O–H groups in total. The number of aromatic nitrogens is 2. The van der Waals surface area contributed by atoms with E-state index in [9.17, 15) is 0 Å². The number of fused-ring (bicyclic) bond motifs is 1. The summed E-state index contributed by atoms with van der Waals surface area (Å²) in [4.78, 5) is 12.5. The summed E-state index contributed by atoms with van der Waals surface area (Å²) in [6.07, 6.45) is 1.17. The molecular weight excluding hydrogens is 260 g/mol. The van der Waals surface area contributed by atoms with Crippen LogP contribution in [0.4, 0.5) is 11.8 Å². The second-order valence-corrected chi connectivity index (χ2v) is 5.71. The van der Waals surface area contributed by atoms with E-state index in [1.807, 2.05) is 7.05 Å². The summed E-state index contributed by atoms with van der Waals surface area (Å²) in [6.45, 7) is 2.88. The van der Waals surface area contributed by atoms with Gasteiger partial charge in [0, 0.05) is 33.2 Å². The normalized spacial score (nSPS) is 19.3. The Balaban J connectivity index is 1.93. The van der Waals surface area contributed by atoms with Crippen molar-refractivity contribution in [1.29, 1.82) is 0 Å². The first kappa shape index (κ1) is 12.6. The Kier molecular flexibility index (Phi) is 3.52. The minimum absolute atomic E-state index is 0.603. The highest BCUT2D eigenvalue weighted by molar-refractivity contribution is 7.16. The zero-order valence-electron chi connectivity index (χ0n) is 11.2. The molecule has 3 rings (SSSR count). The Morgan fingerprint density at radius 3 is 3.21 bits per heavy atom. The lowest BCUT2D eigenvalue weighted by molar-refractivity contribution is 0.161. The molecule has 6 heteroatoms. The Morgan fingerprint density at radius 2 is 2.42 bits per heavy atom. The lowest BCUT2D eigenvalue weighted by atomic mass is 10.1. The number of ether oxygens (including phenoxy) is 1. The zero-order chi connectivity index (χ0) is 13.2.